The average Bonchev–Trinajstić information content (AvgIpc) is 2.58. The van der Waals surface area contributed by atoms with Crippen LogP contribution in [0.15, 0.2) is 0 Å². The second-order valence-corrected chi connectivity index (χ2v) is 3.97. The van der Waals surface area contributed by atoms with Crippen molar-refractivity contribution in [3.05, 3.63) is 5.01 Å². The molecule has 1 aromatic heterocycles. The van der Waals surface area contributed by atoms with Crippen LogP contribution in [-0.4, -0.2) is 26.0 Å². The summed E-state index contributed by atoms with van der Waals surface area (Å²) in [4.78, 5) is 0. The van der Waals surface area contributed by atoms with Crippen LogP contribution in [0.25, 0.3) is 0 Å². The molecule has 0 unspecified atom stereocenters. The van der Waals surface area contributed by atoms with E-state index in [1.54, 1.807) is 0 Å². The Bertz CT molecular complexity index is 231. The van der Waals surface area contributed by atoms with Crippen molar-refractivity contribution in [1.29, 1.82) is 0 Å². The van der Waals surface area contributed by atoms with Crippen LogP contribution in [0, 0.1) is 0 Å². The van der Waals surface area contributed by atoms with Crippen molar-refractivity contribution in [2.75, 3.05) is 0 Å². The molecule has 0 saturated heterocycles. The minimum absolute atomic E-state index is 0.0952. The highest BCUT2D eigenvalue weighted by atomic mass is 32.1. The summed E-state index contributed by atoms with van der Waals surface area (Å²) in [6.45, 7) is 0. The molecule has 0 bridgehead atoms. The van der Waals surface area contributed by atoms with Gasteiger partial charge in [0, 0.05) is 17.5 Å². The zero-order valence-electron chi connectivity index (χ0n) is 6.68. The molecule has 12 heavy (non-hydrogen) atoms. The number of aliphatic hydroxyl groups is 1. The fourth-order valence-corrected chi connectivity index (χ4v) is 2.23. The first-order chi connectivity index (χ1) is 5.86. The summed E-state index contributed by atoms with van der Waals surface area (Å²) in [7, 11) is 0. The Labute approximate surface area is 74.8 Å². The first-order valence-corrected chi connectivity index (χ1v) is 4.96. The molecule has 0 aromatic carbocycles. The SMILES string of the molecule is OC1CCC(c2nnns2)CC1. The van der Waals surface area contributed by atoms with E-state index >= 15 is 0 Å². The molecule has 1 fully saturated rings. The molecular weight excluding hydrogens is 174 g/mol. The van der Waals surface area contributed by atoms with Crippen LogP contribution >= 0.6 is 11.5 Å². The van der Waals surface area contributed by atoms with E-state index in [1.165, 1.54) is 11.5 Å². The van der Waals surface area contributed by atoms with Crippen LogP contribution in [-0.2, 0) is 0 Å². The maximum absolute atomic E-state index is 9.28. The Morgan fingerprint density at radius 3 is 2.58 bits per heavy atom. The molecule has 5 heteroatoms. The first kappa shape index (κ1) is 8.07. The Kier molecular flexibility index (Phi) is 2.32. The van der Waals surface area contributed by atoms with E-state index in [2.05, 4.69) is 14.8 Å². The van der Waals surface area contributed by atoms with E-state index in [9.17, 15) is 5.11 Å². The number of aromatic nitrogens is 3. The van der Waals surface area contributed by atoms with Gasteiger partial charge in [-0.3, -0.25) is 0 Å². The summed E-state index contributed by atoms with van der Waals surface area (Å²) in [5, 5.41) is 17.8. The van der Waals surface area contributed by atoms with E-state index in [0.717, 1.165) is 30.7 Å². The lowest BCUT2D eigenvalue weighted by Crippen LogP contribution is -2.16. The minimum atomic E-state index is -0.0952. The summed E-state index contributed by atoms with van der Waals surface area (Å²) >= 11 is 1.38. The van der Waals surface area contributed by atoms with Crippen molar-refractivity contribution in [3.63, 3.8) is 0 Å². The number of hydrogen-bond acceptors (Lipinski definition) is 5. The van der Waals surface area contributed by atoms with Gasteiger partial charge < -0.3 is 5.11 Å². The van der Waals surface area contributed by atoms with Crippen LogP contribution in [0.1, 0.15) is 36.6 Å². The maximum atomic E-state index is 9.28. The van der Waals surface area contributed by atoms with Crippen LogP contribution in [0.3, 0.4) is 0 Å². The Balaban J connectivity index is 1.99. The molecule has 66 valence electrons. The van der Waals surface area contributed by atoms with E-state index in [-0.39, 0.29) is 6.10 Å². The standard InChI is InChI=1S/C7H11N3OS/c11-6-3-1-5(2-4-6)7-8-9-10-12-7/h5-6,11H,1-4H2. The second-order valence-electron chi connectivity index (χ2n) is 3.21. The van der Waals surface area contributed by atoms with E-state index in [1.807, 2.05) is 0 Å². The van der Waals surface area contributed by atoms with Gasteiger partial charge in [-0.15, -0.1) is 5.10 Å². The molecule has 1 aromatic rings. The molecule has 1 aliphatic carbocycles. The van der Waals surface area contributed by atoms with Crippen molar-refractivity contribution in [1.82, 2.24) is 14.8 Å². The third-order valence-electron chi connectivity index (χ3n) is 2.36. The quantitative estimate of drug-likeness (QED) is 0.707. The molecule has 0 aliphatic heterocycles. The van der Waals surface area contributed by atoms with Crippen molar-refractivity contribution >= 4 is 11.5 Å². The lowest BCUT2D eigenvalue weighted by molar-refractivity contribution is 0.122. The first-order valence-electron chi connectivity index (χ1n) is 4.19. The highest BCUT2D eigenvalue weighted by molar-refractivity contribution is 7.05. The topological polar surface area (TPSA) is 58.9 Å². The number of rotatable bonds is 1. The van der Waals surface area contributed by atoms with Crippen LogP contribution < -0.4 is 0 Å². The van der Waals surface area contributed by atoms with Gasteiger partial charge in [0.15, 0.2) is 0 Å². The molecule has 4 nitrogen and oxygen atoms in total. The third kappa shape index (κ3) is 1.61. The van der Waals surface area contributed by atoms with Crippen molar-refractivity contribution in [3.8, 4) is 0 Å². The highest BCUT2D eigenvalue weighted by Crippen LogP contribution is 2.32. The van der Waals surface area contributed by atoms with Gasteiger partial charge in [0.1, 0.15) is 5.01 Å². The van der Waals surface area contributed by atoms with Crippen molar-refractivity contribution in [2.45, 2.75) is 37.7 Å². The van der Waals surface area contributed by atoms with Crippen LogP contribution in [0.2, 0.25) is 0 Å². The monoisotopic (exact) mass is 185 g/mol. The van der Waals surface area contributed by atoms with Gasteiger partial charge in [-0.05, 0) is 30.9 Å². The Hall–Kier alpha value is -0.550. The average molecular weight is 185 g/mol. The Morgan fingerprint density at radius 1 is 1.25 bits per heavy atom. The molecule has 1 saturated carbocycles. The summed E-state index contributed by atoms with van der Waals surface area (Å²) in [6.07, 6.45) is 3.74. The predicted molar refractivity (Wildman–Crippen MR) is 44.9 cm³/mol. The lowest BCUT2D eigenvalue weighted by Gasteiger charge is -2.22. The largest absolute Gasteiger partial charge is 0.393 e. The fourth-order valence-electron chi connectivity index (χ4n) is 1.62. The molecule has 0 spiro atoms. The van der Waals surface area contributed by atoms with Gasteiger partial charge in [-0.25, -0.2) is 0 Å². The minimum Gasteiger partial charge on any atom is -0.393 e. The number of nitrogens with zero attached hydrogens (tertiary/aromatic N) is 3. The van der Waals surface area contributed by atoms with Crippen LogP contribution in [0.4, 0.5) is 0 Å². The van der Waals surface area contributed by atoms with E-state index in [0.29, 0.717) is 5.92 Å². The zero-order valence-corrected chi connectivity index (χ0v) is 7.50. The molecule has 0 amide bonds. The maximum Gasteiger partial charge on any atom is 0.141 e. The van der Waals surface area contributed by atoms with Gasteiger partial charge in [-0.2, -0.15) is 0 Å². The fraction of sp³-hybridized carbons (Fsp3) is 0.857. The molecule has 1 aliphatic rings. The Morgan fingerprint density at radius 2 is 2.00 bits per heavy atom. The lowest BCUT2D eigenvalue weighted by atomic mass is 9.88. The summed E-state index contributed by atoms with van der Waals surface area (Å²) in [6, 6.07) is 0. The van der Waals surface area contributed by atoms with Gasteiger partial charge >= 0.3 is 0 Å². The molecule has 1 N–H and O–H groups in total. The van der Waals surface area contributed by atoms with E-state index < -0.39 is 0 Å². The number of aliphatic hydroxyl groups excluding tert-OH is 1. The molecule has 1 heterocycles. The van der Waals surface area contributed by atoms with Gasteiger partial charge in [0.2, 0.25) is 0 Å². The van der Waals surface area contributed by atoms with Crippen molar-refractivity contribution in [2.24, 2.45) is 0 Å². The van der Waals surface area contributed by atoms with Crippen LogP contribution in [0.5, 0.6) is 0 Å². The van der Waals surface area contributed by atoms with E-state index in [4.69, 9.17) is 0 Å². The summed E-state index contributed by atoms with van der Waals surface area (Å²) < 4.78 is 3.73. The number of hydrogen-bond donors (Lipinski definition) is 1. The second kappa shape index (κ2) is 3.45. The highest BCUT2D eigenvalue weighted by Gasteiger charge is 2.23. The normalized spacial score (nSPS) is 30.4. The molecule has 0 atom stereocenters. The van der Waals surface area contributed by atoms with Gasteiger partial charge in [0.05, 0.1) is 6.10 Å². The smallest absolute Gasteiger partial charge is 0.141 e. The van der Waals surface area contributed by atoms with Gasteiger partial charge in [0.25, 0.3) is 0 Å². The molecular formula is C7H11N3OS. The molecule has 2 rings (SSSR count). The summed E-state index contributed by atoms with van der Waals surface area (Å²) in [5.74, 6) is 0.494. The molecule has 0 radical (unpaired) electrons. The van der Waals surface area contributed by atoms with Gasteiger partial charge in [-0.1, -0.05) is 4.49 Å². The predicted octanol–water partition coefficient (Wildman–Crippen LogP) is 0.952. The zero-order chi connectivity index (χ0) is 8.39. The third-order valence-corrected chi connectivity index (χ3v) is 3.12. The van der Waals surface area contributed by atoms with Crippen molar-refractivity contribution < 1.29 is 5.11 Å². The summed E-state index contributed by atoms with van der Waals surface area (Å²) in [5.41, 5.74) is 0.